The molecule has 1 heterocycles. The van der Waals surface area contributed by atoms with Gasteiger partial charge in [0.2, 0.25) is 0 Å². The Morgan fingerprint density at radius 2 is 2.19 bits per heavy atom. The first kappa shape index (κ1) is 14.5. The third-order valence-electron chi connectivity index (χ3n) is 3.87. The van der Waals surface area contributed by atoms with E-state index >= 15 is 0 Å². The van der Waals surface area contributed by atoms with Crippen molar-refractivity contribution in [1.29, 1.82) is 0 Å². The van der Waals surface area contributed by atoms with Crippen molar-refractivity contribution < 1.29 is 24.1 Å². The number of fused-ring (bicyclic) bond motifs is 1. The molecule has 1 unspecified atom stereocenters. The van der Waals surface area contributed by atoms with E-state index in [1.165, 1.54) is 0 Å². The van der Waals surface area contributed by atoms with Crippen LogP contribution in [0, 0.1) is 0 Å². The molecule has 1 saturated heterocycles. The lowest BCUT2D eigenvalue weighted by atomic mass is 10.1. The number of hydrogen-bond donors (Lipinski definition) is 1. The monoisotopic (exact) mass is 292 g/mol. The fourth-order valence-electron chi connectivity index (χ4n) is 2.80. The summed E-state index contributed by atoms with van der Waals surface area (Å²) in [6, 6.07) is 3.61. The van der Waals surface area contributed by atoms with Gasteiger partial charge in [-0.2, -0.15) is 0 Å². The van der Waals surface area contributed by atoms with Gasteiger partial charge in [-0.15, -0.1) is 0 Å². The molecule has 3 rings (SSSR count). The number of rotatable bonds is 4. The van der Waals surface area contributed by atoms with Crippen LogP contribution in [0.5, 0.6) is 5.75 Å². The Labute approximate surface area is 123 Å². The lowest BCUT2D eigenvalue weighted by Gasteiger charge is -2.18. The van der Waals surface area contributed by atoms with Crippen LogP contribution in [0.3, 0.4) is 0 Å². The van der Waals surface area contributed by atoms with Gasteiger partial charge in [-0.05, 0) is 38.0 Å². The molecule has 0 saturated carbocycles. The van der Waals surface area contributed by atoms with Crippen LogP contribution in [-0.2, 0) is 22.5 Å². The summed E-state index contributed by atoms with van der Waals surface area (Å²) < 4.78 is 17.0. The molecule has 5 nitrogen and oxygen atoms in total. The average molecular weight is 292 g/mol. The van der Waals surface area contributed by atoms with Crippen LogP contribution in [0.15, 0.2) is 12.1 Å². The third-order valence-corrected chi connectivity index (χ3v) is 3.87. The minimum atomic E-state index is -0.571. The van der Waals surface area contributed by atoms with E-state index in [2.05, 4.69) is 0 Å². The zero-order valence-electron chi connectivity index (χ0n) is 12.3. The van der Waals surface area contributed by atoms with Gasteiger partial charge in [0.15, 0.2) is 11.6 Å². The normalized spacial score (nSPS) is 23.4. The van der Waals surface area contributed by atoms with Gasteiger partial charge in [-0.25, -0.2) is 0 Å². The van der Waals surface area contributed by atoms with Gasteiger partial charge in [0.05, 0.1) is 13.2 Å². The van der Waals surface area contributed by atoms with Gasteiger partial charge in [0.1, 0.15) is 18.5 Å². The maximum Gasteiger partial charge on any atom is 0.163 e. The number of hydrogen-bond acceptors (Lipinski definition) is 5. The van der Waals surface area contributed by atoms with Gasteiger partial charge >= 0.3 is 0 Å². The van der Waals surface area contributed by atoms with E-state index in [0.717, 1.165) is 12.0 Å². The van der Waals surface area contributed by atoms with E-state index in [-0.39, 0.29) is 18.5 Å². The minimum absolute atomic E-state index is 0.124. The Morgan fingerprint density at radius 1 is 1.38 bits per heavy atom. The summed E-state index contributed by atoms with van der Waals surface area (Å²) in [6.07, 6.45) is 1.16. The fourth-order valence-corrected chi connectivity index (χ4v) is 2.80. The Balaban J connectivity index is 1.72. The number of ketones is 1. The molecule has 0 bridgehead atoms. The van der Waals surface area contributed by atoms with Crippen molar-refractivity contribution in [3.63, 3.8) is 0 Å². The predicted octanol–water partition coefficient (Wildman–Crippen LogP) is 1.84. The summed E-state index contributed by atoms with van der Waals surface area (Å²) in [5.41, 5.74) is 2.35. The standard InChI is InChI=1S/C16H20O5/c1-16(2)20-9-12(21-16)8-19-15-6-10-3-4-14(18)13(10)5-11(15)7-17/h5-6,12,17H,3-4,7-9H2,1-2H3. The predicted molar refractivity (Wildman–Crippen MR) is 75.4 cm³/mol. The molecule has 1 atom stereocenters. The topological polar surface area (TPSA) is 65.0 Å². The van der Waals surface area contributed by atoms with Crippen LogP contribution in [0.25, 0.3) is 0 Å². The second-order valence-corrected chi connectivity index (χ2v) is 5.96. The first-order valence-electron chi connectivity index (χ1n) is 7.23. The second-order valence-electron chi connectivity index (χ2n) is 5.96. The van der Waals surface area contributed by atoms with Crippen LogP contribution >= 0.6 is 0 Å². The molecule has 1 aliphatic heterocycles. The molecule has 21 heavy (non-hydrogen) atoms. The highest BCUT2D eigenvalue weighted by Crippen LogP contribution is 2.31. The SMILES string of the molecule is CC1(C)OCC(COc2cc3c(cc2CO)C(=O)CC3)O1. The van der Waals surface area contributed by atoms with Crippen LogP contribution in [-0.4, -0.2) is 36.0 Å². The lowest BCUT2D eigenvalue weighted by molar-refractivity contribution is -0.141. The molecule has 1 aromatic carbocycles. The third kappa shape index (κ3) is 2.95. The van der Waals surface area contributed by atoms with Crippen LogP contribution in [0.1, 0.15) is 41.8 Å². The second kappa shape index (κ2) is 5.40. The molecule has 0 radical (unpaired) electrons. The molecular formula is C16H20O5. The largest absolute Gasteiger partial charge is 0.490 e. The maximum atomic E-state index is 11.7. The number of aliphatic hydroxyl groups is 1. The summed E-state index contributed by atoms with van der Waals surface area (Å²) in [4.78, 5) is 11.7. The number of carbonyl (C=O) groups excluding carboxylic acids is 1. The highest BCUT2D eigenvalue weighted by molar-refractivity contribution is 6.00. The number of Topliss-reactive ketones (excluding diaryl/α,β-unsaturated/α-hetero) is 1. The molecular weight excluding hydrogens is 272 g/mol. The van der Waals surface area contributed by atoms with Crippen molar-refractivity contribution in [2.24, 2.45) is 0 Å². The van der Waals surface area contributed by atoms with Crippen molar-refractivity contribution in [3.8, 4) is 5.75 Å². The van der Waals surface area contributed by atoms with E-state index in [9.17, 15) is 9.90 Å². The summed E-state index contributed by atoms with van der Waals surface area (Å²) >= 11 is 0. The maximum absolute atomic E-state index is 11.7. The Morgan fingerprint density at radius 3 is 2.86 bits per heavy atom. The Kier molecular flexibility index (Phi) is 3.73. The van der Waals surface area contributed by atoms with Crippen molar-refractivity contribution in [1.82, 2.24) is 0 Å². The van der Waals surface area contributed by atoms with Crippen LogP contribution in [0.2, 0.25) is 0 Å². The number of benzene rings is 1. The lowest BCUT2D eigenvalue weighted by Crippen LogP contribution is -2.25. The van der Waals surface area contributed by atoms with Crippen molar-refractivity contribution >= 4 is 5.78 Å². The first-order chi connectivity index (χ1) is 9.98. The van der Waals surface area contributed by atoms with E-state index in [1.807, 2.05) is 19.9 Å². The molecule has 0 aromatic heterocycles. The smallest absolute Gasteiger partial charge is 0.163 e. The highest BCUT2D eigenvalue weighted by atomic mass is 16.7. The Bertz CT molecular complexity index is 564. The number of aliphatic hydroxyl groups excluding tert-OH is 1. The number of aryl methyl sites for hydroxylation is 1. The highest BCUT2D eigenvalue weighted by Gasteiger charge is 2.33. The Hall–Kier alpha value is -1.43. The molecule has 2 aliphatic rings. The number of ether oxygens (including phenoxy) is 3. The first-order valence-corrected chi connectivity index (χ1v) is 7.23. The minimum Gasteiger partial charge on any atom is -0.490 e. The van der Waals surface area contributed by atoms with Gasteiger partial charge < -0.3 is 19.3 Å². The molecule has 0 spiro atoms. The fraction of sp³-hybridized carbons (Fsp3) is 0.562. The van der Waals surface area contributed by atoms with Gasteiger partial charge in [0, 0.05) is 17.5 Å². The molecule has 0 amide bonds. The van der Waals surface area contributed by atoms with Crippen molar-refractivity contribution in [2.45, 2.75) is 45.2 Å². The van der Waals surface area contributed by atoms with E-state index in [1.54, 1.807) is 6.07 Å². The quantitative estimate of drug-likeness (QED) is 0.917. The zero-order chi connectivity index (χ0) is 15.0. The van der Waals surface area contributed by atoms with Crippen molar-refractivity contribution in [3.05, 3.63) is 28.8 Å². The number of carbonyl (C=O) groups is 1. The zero-order valence-corrected chi connectivity index (χ0v) is 12.3. The van der Waals surface area contributed by atoms with Crippen LogP contribution in [0.4, 0.5) is 0 Å². The van der Waals surface area contributed by atoms with E-state index in [0.29, 0.717) is 36.5 Å². The molecule has 1 aromatic rings. The molecule has 114 valence electrons. The summed E-state index contributed by atoms with van der Waals surface area (Å²) in [5, 5.41) is 9.46. The molecule has 1 N–H and O–H groups in total. The van der Waals surface area contributed by atoms with Crippen LogP contribution < -0.4 is 4.74 Å². The van der Waals surface area contributed by atoms with Gasteiger partial charge in [0.25, 0.3) is 0 Å². The average Bonchev–Trinajstić information content (AvgIpc) is 2.98. The molecule has 5 heteroatoms. The summed E-state index contributed by atoms with van der Waals surface area (Å²) in [5.74, 6) is 0.192. The summed E-state index contributed by atoms with van der Waals surface area (Å²) in [7, 11) is 0. The molecule has 1 aliphatic carbocycles. The van der Waals surface area contributed by atoms with E-state index < -0.39 is 5.79 Å². The van der Waals surface area contributed by atoms with E-state index in [4.69, 9.17) is 14.2 Å². The summed E-state index contributed by atoms with van der Waals surface area (Å²) in [6.45, 7) is 4.44. The van der Waals surface area contributed by atoms with Gasteiger partial charge in [-0.3, -0.25) is 4.79 Å². The molecule has 1 fully saturated rings. The van der Waals surface area contributed by atoms with Crippen molar-refractivity contribution in [2.75, 3.05) is 13.2 Å². The van der Waals surface area contributed by atoms with Gasteiger partial charge in [-0.1, -0.05) is 0 Å².